The molecule has 9 nitrogen and oxygen atoms in total. The predicted octanol–water partition coefficient (Wildman–Crippen LogP) is 1.58. The maximum Gasteiger partial charge on any atom is 0.313 e. The van der Waals surface area contributed by atoms with Gasteiger partial charge in [-0.2, -0.15) is 5.10 Å². The van der Waals surface area contributed by atoms with Crippen molar-refractivity contribution in [2.24, 2.45) is 0 Å². The molecule has 3 aromatic rings. The van der Waals surface area contributed by atoms with E-state index in [-0.39, 0.29) is 23.7 Å². The Hall–Kier alpha value is -4.01. The van der Waals surface area contributed by atoms with Gasteiger partial charge in [0.25, 0.3) is 5.91 Å². The standard InChI is InChI=1S/C22H24N6O3/c1-15-13-16(2)28(27-15)12-11-24-21(30)22(31)26-19-6-4-3-5-18(19)20(29)25-14-17-7-9-23-10-8-17/h3-10,13H,11-12,14H2,1-2H3,(H,24,30)(H,25,29)(H,26,31). The Morgan fingerprint density at radius 3 is 2.42 bits per heavy atom. The van der Waals surface area contributed by atoms with E-state index >= 15 is 0 Å². The van der Waals surface area contributed by atoms with Crippen LogP contribution in [0.2, 0.25) is 0 Å². The minimum absolute atomic E-state index is 0.252. The number of amides is 3. The third kappa shape index (κ3) is 5.99. The molecule has 0 fully saturated rings. The number of aryl methyl sites for hydroxylation is 2. The van der Waals surface area contributed by atoms with Crippen molar-refractivity contribution in [1.82, 2.24) is 25.4 Å². The van der Waals surface area contributed by atoms with Gasteiger partial charge in [0.05, 0.1) is 23.5 Å². The highest BCUT2D eigenvalue weighted by molar-refractivity contribution is 6.40. The van der Waals surface area contributed by atoms with Crippen LogP contribution < -0.4 is 16.0 Å². The van der Waals surface area contributed by atoms with Gasteiger partial charge in [-0.1, -0.05) is 12.1 Å². The zero-order valence-electron chi connectivity index (χ0n) is 17.4. The number of benzene rings is 1. The van der Waals surface area contributed by atoms with E-state index in [0.717, 1.165) is 17.0 Å². The smallest absolute Gasteiger partial charge is 0.313 e. The average molecular weight is 420 g/mol. The van der Waals surface area contributed by atoms with Crippen LogP contribution in [0.5, 0.6) is 0 Å². The van der Waals surface area contributed by atoms with Gasteiger partial charge < -0.3 is 16.0 Å². The summed E-state index contributed by atoms with van der Waals surface area (Å²) in [5.74, 6) is -1.99. The molecule has 9 heteroatoms. The third-order valence-electron chi connectivity index (χ3n) is 4.54. The van der Waals surface area contributed by atoms with Crippen molar-refractivity contribution in [3.63, 3.8) is 0 Å². The molecule has 3 amide bonds. The fourth-order valence-electron chi connectivity index (χ4n) is 3.00. The summed E-state index contributed by atoms with van der Waals surface area (Å²) in [6, 6.07) is 12.0. The number of para-hydroxylation sites is 1. The molecule has 0 spiro atoms. The highest BCUT2D eigenvalue weighted by Gasteiger charge is 2.17. The van der Waals surface area contributed by atoms with Crippen LogP contribution >= 0.6 is 0 Å². The lowest BCUT2D eigenvalue weighted by Crippen LogP contribution is -2.37. The van der Waals surface area contributed by atoms with Gasteiger partial charge in [0.1, 0.15) is 0 Å². The van der Waals surface area contributed by atoms with E-state index in [1.807, 2.05) is 19.9 Å². The van der Waals surface area contributed by atoms with Gasteiger partial charge in [-0.15, -0.1) is 0 Å². The molecule has 0 atom stereocenters. The molecule has 2 aromatic heterocycles. The molecule has 0 aliphatic heterocycles. The van der Waals surface area contributed by atoms with Crippen LogP contribution in [-0.4, -0.2) is 39.0 Å². The lowest BCUT2D eigenvalue weighted by molar-refractivity contribution is -0.136. The Labute approximate surface area is 179 Å². The number of rotatable bonds is 7. The van der Waals surface area contributed by atoms with Crippen LogP contribution in [0.4, 0.5) is 5.69 Å². The number of pyridine rings is 1. The number of anilines is 1. The molecule has 0 unspecified atom stereocenters. The first-order valence-corrected chi connectivity index (χ1v) is 9.80. The topological polar surface area (TPSA) is 118 Å². The molecule has 0 saturated heterocycles. The van der Waals surface area contributed by atoms with Crippen molar-refractivity contribution in [1.29, 1.82) is 0 Å². The van der Waals surface area contributed by atoms with Gasteiger partial charge in [-0.25, -0.2) is 0 Å². The lowest BCUT2D eigenvalue weighted by Gasteiger charge is -2.12. The first kappa shape index (κ1) is 21.7. The minimum atomic E-state index is -0.845. The highest BCUT2D eigenvalue weighted by atomic mass is 16.2. The van der Waals surface area contributed by atoms with Gasteiger partial charge in [-0.3, -0.25) is 24.0 Å². The quantitative estimate of drug-likeness (QED) is 0.502. The fraction of sp³-hybridized carbons (Fsp3) is 0.227. The van der Waals surface area contributed by atoms with E-state index in [2.05, 4.69) is 26.0 Å². The maximum absolute atomic E-state index is 12.6. The normalized spacial score (nSPS) is 10.4. The van der Waals surface area contributed by atoms with Crippen LogP contribution in [0.15, 0.2) is 54.9 Å². The van der Waals surface area contributed by atoms with Crippen LogP contribution in [-0.2, 0) is 22.7 Å². The van der Waals surface area contributed by atoms with Crippen molar-refractivity contribution in [3.8, 4) is 0 Å². The van der Waals surface area contributed by atoms with Crippen molar-refractivity contribution >= 4 is 23.4 Å². The number of aromatic nitrogens is 3. The fourth-order valence-corrected chi connectivity index (χ4v) is 3.00. The second-order valence-corrected chi connectivity index (χ2v) is 6.94. The maximum atomic E-state index is 12.6. The number of carbonyl (C=O) groups excluding carboxylic acids is 3. The molecule has 0 aliphatic carbocycles. The zero-order valence-corrected chi connectivity index (χ0v) is 17.4. The molecular weight excluding hydrogens is 396 g/mol. The molecule has 2 heterocycles. The first-order valence-electron chi connectivity index (χ1n) is 9.80. The molecule has 0 bridgehead atoms. The zero-order chi connectivity index (χ0) is 22.2. The SMILES string of the molecule is Cc1cc(C)n(CCNC(=O)C(=O)Nc2ccccc2C(=O)NCc2ccncc2)n1. The molecule has 0 saturated carbocycles. The Bertz CT molecular complexity index is 1080. The van der Waals surface area contributed by atoms with E-state index < -0.39 is 11.8 Å². The van der Waals surface area contributed by atoms with Crippen LogP contribution in [0, 0.1) is 13.8 Å². The van der Waals surface area contributed by atoms with Crippen molar-refractivity contribution < 1.29 is 14.4 Å². The molecule has 1 aromatic carbocycles. The molecule has 160 valence electrons. The van der Waals surface area contributed by atoms with E-state index in [0.29, 0.717) is 13.1 Å². The molecule has 31 heavy (non-hydrogen) atoms. The molecule has 3 N–H and O–H groups in total. The van der Waals surface area contributed by atoms with Crippen LogP contribution in [0.3, 0.4) is 0 Å². The van der Waals surface area contributed by atoms with Gasteiger partial charge in [-0.05, 0) is 49.7 Å². The molecule has 0 radical (unpaired) electrons. The van der Waals surface area contributed by atoms with Crippen molar-refractivity contribution in [3.05, 3.63) is 77.4 Å². The first-order chi connectivity index (χ1) is 14.9. The number of nitrogens with one attached hydrogen (secondary N) is 3. The van der Waals surface area contributed by atoms with Gasteiger partial charge in [0, 0.05) is 31.2 Å². The molecular formula is C22H24N6O3. The Balaban J connectivity index is 1.55. The molecule has 0 aliphatic rings. The van der Waals surface area contributed by atoms with Crippen LogP contribution in [0.25, 0.3) is 0 Å². The summed E-state index contributed by atoms with van der Waals surface area (Å²) in [5.41, 5.74) is 3.28. The Kier molecular flexibility index (Phi) is 7.10. The summed E-state index contributed by atoms with van der Waals surface area (Å²) in [4.78, 5) is 41.0. The largest absolute Gasteiger partial charge is 0.348 e. The minimum Gasteiger partial charge on any atom is -0.348 e. The summed E-state index contributed by atoms with van der Waals surface area (Å²) in [6.45, 7) is 4.83. The van der Waals surface area contributed by atoms with Gasteiger partial charge >= 0.3 is 11.8 Å². The number of nitrogens with zero attached hydrogens (tertiary/aromatic N) is 3. The monoisotopic (exact) mass is 420 g/mol. The van der Waals surface area contributed by atoms with Gasteiger partial charge in [0.15, 0.2) is 0 Å². The summed E-state index contributed by atoms with van der Waals surface area (Å²) >= 11 is 0. The van der Waals surface area contributed by atoms with Crippen molar-refractivity contribution in [2.45, 2.75) is 26.9 Å². The van der Waals surface area contributed by atoms with Gasteiger partial charge in [0.2, 0.25) is 0 Å². The molecule has 3 rings (SSSR count). The average Bonchev–Trinajstić information content (AvgIpc) is 3.09. The lowest BCUT2D eigenvalue weighted by atomic mass is 10.1. The van der Waals surface area contributed by atoms with E-state index in [9.17, 15) is 14.4 Å². The number of hydrogen-bond donors (Lipinski definition) is 3. The summed E-state index contributed by atoms with van der Waals surface area (Å²) < 4.78 is 1.76. The summed E-state index contributed by atoms with van der Waals surface area (Å²) in [7, 11) is 0. The van der Waals surface area contributed by atoms with E-state index in [1.54, 1.807) is 53.5 Å². The Morgan fingerprint density at radius 1 is 0.968 bits per heavy atom. The van der Waals surface area contributed by atoms with E-state index in [4.69, 9.17) is 0 Å². The van der Waals surface area contributed by atoms with Crippen LogP contribution in [0.1, 0.15) is 27.3 Å². The summed E-state index contributed by atoms with van der Waals surface area (Å²) in [5, 5.41) is 12.2. The third-order valence-corrected chi connectivity index (χ3v) is 4.54. The van der Waals surface area contributed by atoms with E-state index in [1.165, 1.54) is 0 Å². The predicted molar refractivity (Wildman–Crippen MR) is 115 cm³/mol. The second-order valence-electron chi connectivity index (χ2n) is 6.94. The highest BCUT2D eigenvalue weighted by Crippen LogP contribution is 2.15. The van der Waals surface area contributed by atoms with Crippen molar-refractivity contribution in [2.75, 3.05) is 11.9 Å². The number of hydrogen-bond acceptors (Lipinski definition) is 5. The Morgan fingerprint density at radius 2 is 1.71 bits per heavy atom. The second kappa shape index (κ2) is 10.1. The summed E-state index contributed by atoms with van der Waals surface area (Å²) in [6.07, 6.45) is 3.28. The number of carbonyl (C=O) groups is 3.